The Morgan fingerprint density at radius 1 is 1.28 bits per heavy atom. The maximum absolute atomic E-state index is 5.60. The molecule has 0 saturated heterocycles. The van der Waals surface area contributed by atoms with Crippen LogP contribution in [0.5, 0.6) is 0 Å². The Balaban J connectivity index is 1.73. The first-order valence-corrected chi connectivity index (χ1v) is 7.46. The molecule has 0 bridgehead atoms. The van der Waals surface area contributed by atoms with E-state index in [0.717, 1.165) is 18.9 Å². The molecular weight excluding hydrogens is 226 g/mol. The highest BCUT2D eigenvalue weighted by Crippen LogP contribution is 2.33. The second kappa shape index (κ2) is 7.10. The van der Waals surface area contributed by atoms with E-state index in [1.165, 1.54) is 44.9 Å². The summed E-state index contributed by atoms with van der Waals surface area (Å²) < 4.78 is 5.58. The minimum Gasteiger partial charge on any atom is -0.378 e. The van der Waals surface area contributed by atoms with E-state index >= 15 is 0 Å². The van der Waals surface area contributed by atoms with Crippen molar-refractivity contribution in [3.8, 4) is 0 Å². The molecule has 0 aromatic rings. The maximum atomic E-state index is 5.60. The van der Waals surface area contributed by atoms with Gasteiger partial charge >= 0.3 is 0 Å². The van der Waals surface area contributed by atoms with E-state index in [0.29, 0.717) is 18.1 Å². The second-order valence-corrected chi connectivity index (χ2v) is 5.63. The van der Waals surface area contributed by atoms with Crippen LogP contribution in [0.1, 0.15) is 58.3 Å². The quantitative estimate of drug-likeness (QED) is 0.342. The fourth-order valence-electron chi connectivity index (χ4n) is 3.07. The van der Waals surface area contributed by atoms with Crippen LogP contribution in [-0.2, 0) is 4.74 Å². The van der Waals surface area contributed by atoms with Crippen LogP contribution in [0.25, 0.3) is 0 Å². The van der Waals surface area contributed by atoms with Crippen molar-refractivity contribution in [2.24, 2.45) is 16.8 Å². The number of hydrogen-bond acceptors (Lipinski definition) is 3. The molecule has 0 aromatic carbocycles. The zero-order valence-electron chi connectivity index (χ0n) is 11.5. The summed E-state index contributed by atoms with van der Waals surface area (Å²) >= 11 is 0. The van der Waals surface area contributed by atoms with Crippen LogP contribution in [0.2, 0.25) is 0 Å². The van der Waals surface area contributed by atoms with Gasteiger partial charge in [-0.2, -0.15) is 0 Å². The number of nitrogens with two attached hydrogens (primary N) is 1. The van der Waals surface area contributed by atoms with Crippen LogP contribution in [-0.4, -0.2) is 24.6 Å². The number of hydrazine groups is 1. The van der Waals surface area contributed by atoms with Gasteiger partial charge in [-0.1, -0.05) is 19.3 Å². The van der Waals surface area contributed by atoms with E-state index in [2.05, 4.69) is 12.3 Å². The molecule has 4 heteroatoms. The predicted octanol–water partition coefficient (Wildman–Crippen LogP) is 2.39. The smallest absolute Gasteiger partial charge is 0.111 e. The van der Waals surface area contributed by atoms with Crippen molar-refractivity contribution in [1.82, 2.24) is 5.43 Å². The lowest BCUT2D eigenvalue weighted by molar-refractivity contribution is -0.0223. The van der Waals surface area contributed by atoms with Crippen molar-refractivity contribution in [2.75, 3.05) is 6.61 Å². The molecule has 2 rings (SSSR count). The summed E-state index contributed by atoms with van der Waals surface area (Å²) in [6, 6.07) is 0.507. The summed E-state index contributed by atoms with van der Waals surface area (Å²) in [5.41, 5.74) is 2.80. The summed E-state index contributed by atoms with van der Waals surface area (Å²) in [7, 11) is 0. The molecule has 2 aliphatic carbocycles. The van der Waals surface area contributed by atoms with Crippen LogP contribution in [0.3, 0.4) is 0 Å². The Labute approximate surface area is 110 Å². The van der Waals surface area contributed by atoms with Gasteiger partial charge in [0.2, 0.25) is 0 Å². The van der Waals surface area contributed by atoms with Crippen LogP contribution >= 0.6 is 0 Å². The molecule has 0 aromatic heterocycles. The molecule has 0 unspecified atom stereocenters. The van der Waals surface area contributed by atoms with Gasteiger partial charge < -0.3 is 10.2 Å². The standard InChI is InChI=1S/C14H27N3O/c1-2-18-13-8-11(9-13)10-14(17-15)16-12-6-4-3-5-7-12/h11-13H,2-10,15H2,1H3,(H,16,17). The highest BCUT2D eigenvalue weighted by atomic mass is 16.5. The predicted molar refractivity (Wildman–Crippen MR) is 74.4 cm³/mol. The van der Waals surface area contributed by atoms with Crippen LogP contribution in [0, 0.1) is 5.92 Å². The van der Waals surface area contributed by atoms with Gasteiger partial charge in [0.05, 0.1) is 12.1 Å². The van der Waals surface area contributed by atoms with E-state index in [1.807, 2.05) is 0 Å². The first-order chi connectivity index (χ1) is 8.81. The van der Waals surface area contributed by atoms with Crippen molar-refractivity contribution >= 4 is 5.84 Å². The molecule has 0 amide bonds. The average Bonchev–Trinajstić information content (AvgIpc) is 2.36. The fraction of sp³-hybridized carbons (Fsp3) is 0.929. The maximum Gasteiger partial charge on any atom is 0.111 e. The fourth-order valence-corrected chi connectivity index (χ4v) is 3.07. The Hall–Kier alpha value is -0.610. The van der Waals surface area contributed by atoms with E-state index in [1.54, 1.807) is 0 Å². The lowest BCUT2D eigenvalue weighted by Gasteiger charge is -2.35. The molecule has 2 saturated carbocycles. The van der Waals surface area contributed by atoms with Gasteiger partial charge in [-0.3, -0.25) is 4.99 Å². The Morgan fingerprint density at radius 3 is 2.61 bits per heavy atom. The first kappa shape index (κ1) is 13.8. The molecule has 0 radical (unpaired) electrons. The van der Waals surface area contributed by atoms with Crippen molar-refractivity contribution < 1.29 is 4.74 Å². The van der Waals surface area contributed by atoms with E-state index in [9.17, 15) is 0 Å². The van der Waals surface area contributed by atoms with Gasteiger partial charge in [0.25, 0.3) is 0 Å². The third kappa shape index (κ3) is 3.95. The van der Waals surface area contributed by atoms with Gasteiger partial charge in [-0.05, 0) is 38.5 Å². The van der Waals surface area contributed by atoms with E-state index in [-0.39, 0.29) is 0 Å². The summed E-state index contributed by atoms with van der Waals surface area (Å²) in [5, 5.41) is 0. The third-order valence-corrected chi connectivity index (χ3v) is 4.16. The first-order valence-electron chi connectivity index (χ1n) is 7.46. The van der Waals surface area contributed by atoms with Crippen LogP contribution in [0.4, 0.5) is 0 Å². The van der Waals surface area contributed by atoms with Crippen LogP contribution in [0.15, 0.2) is 4.99 Å². The van der Waals surface area contributed by atoms with E-state index < -0.39 is 0 Å². The van der Waals surface area contributed by atoms with E-state index in [4.69, 9.17) is 15.6 Å². The lowest BCUT2D eigenvalue weighted by atomic mass is 9.79. The van der Waals surface area contributed by atoms with Gasteiger partial charge in [0, 0.05) is 13.0 Å². The molecule has 0 heterocycles. The normalized spacial score (nSPS) is 30.0. The molecule has 18 heavy (non-hydrogen) atoms. The minimum atomic E-state index is 0.480. The topological polar surface area (TPSA) is 59.6 Å². The molecular formula is C14H27N3O. The Morgan fingerprint density at radius 2 is 2.00 bits per heavy atom. The zero-order chi connectivity index (χ0) is 12.8. The zero-order valence-corrected chi connectivity index (χ0v) is 11.5. The number of hydrogen-bond donors (Lipinski definition) is 2. The SMILES string of the molecule is CCOC1CC(CC(=NC2CCCCC2)NN)C1. The second-order valence-electron chi connectivity index (χ2n) is 5.63. The largest absolute Gasteiger partial charge is 0.378 e. The molecule has 2 aliphatic rings. The average molecular weight is 253 g/mol. The molecule has 3 N–H and O–H groups in total. The molecule has 0 atom stereocenters. The number of ether oxygens (including phenoxy) is 1. The van der Waals surface area contributed by atoms with Gasteiger partial charge in [0.15, 0.2) is 0 Å². The summed E-state index contributed by atoms with van der Waals surface area (Å²) in [6.45, 7) is 2.89. The highest BCUT2D eigenvalue weighted by Gasteiger charge is 2.30. The summed E-state index contributed by atoms with van der Waals surface area (Å²) in [4.78, 5) is 4.79. The number of amidine groups is 1. The molecule has 104 valence electrons. The van der Waals surface area contributed by atoms with Gasteiger partial charge in [-0.15, -0.1) is 0 Å². The molecule has 0 spiro atoms. The molecule has 2 fully saturated rings. The highest BCUT2D eigenvalue weighted by molar-refractivity contribution is 5.82. The van der Waals surface area contributed by atoms with Crippen LogP contribution < -0.4 is 11.3 Å². The van der Waals surface area contributed by atoms with Crippen molar-refractivity contribution in [3.63, 3.8) is 0 Å². The Kier molecular flexibility index (Phi) is 5.45. The third-order valence-electron chi connectivity index (χ3n) is 4.16. The van der Waals surface area contributed by atoms with Gasteiger partial charge in [-0.25, -0.2) is 5.84 Å². The molecule has 0 aliphatic heterocycles. The monoisotopic (exact) mass is 253 g/mol. The molecule has 4 nitrogen and oxygen atoms in total. The Bertz CT molecular complexity index is 268. The van der Waals surface area contributed by atoms with Crippen molar-refractivity contribution in [1.29, 1.82) is 0 Å². The number of aliphatic imine (C=N–C) groups is 1. The number of nitrogens with zero attached hydrogens (tertiary/aromatic N) is 1. The minimum absolute atomic E-state index is 0.480. The number of rotatable bonds is 5. The van der Waals surface area contributed by atoms with Crippen molar-refractivity contribution in [2.45, 2.75) is 70.4 Å². The van der Waals surface area contributed by atoms with Gasteiger partial charge in [0.1, 0.15) is 5.84 Å². The summed E-state index contributed by atoms with van der Waals surface area (Å²) in [6.07, 6.45) is 10.3. The lowest BCUT2D eigenvalue weighted by Crippen LogP contribution is -2.38. The van der Waals surface area contributed by atoms with Crippen molar-refractivity contribution in [3.05, 3.63) is 0 Å². The summed E-state index contributed by atoms with van der Waals surface area (Å²) in [5.74, 6) is 7.31. The number of nitrogens with one attached hydrogen (secondary N) is 1.